The van der Waals surface area contributed by atoms with Gasteiger partial charge in [0.2, 0.25) is 0 Å². The molecule has 0 spiro atoms. The van der Waals surface area contributed by atoms with E-state index in [4.69, 9.17) is 0 Å². The van der Waals surface area contributed by atoms with Gasteiger partial charge in [-0.15, -0.1) is 0 Å². The van der Waals surface area contributed by atoms with Gasteiger partial charge in [0.05, 0.1) is 11.6 Å². The van der Waals surface area contributed by atoms with Crippen LogP contribution >= 0.6 is 11.8 Å². The SMILES string of the molecule is N#Cc1ccccc1CC(Cc1ccccc1-c1ccccc1)c1cccc(Cc2cccc(-c3ccccc3)c2)c1SC(F)(F)F. The Morgan fingerprint density at radius 1 is 0.574 bits per heavy atom. The molecule has 232 valence electrons. The molecule has 0 aliphatic carbocycles. The molecule has 6 aromatic carbocycles. The molecule has 0 saturated heterocycles. The minimum atomic E-state index is -4.48. The summed E-state index contributed by atoms with van der Waals surface area (Å²) in [7, 11) is 0. The first-order valence-corrected chi connectivity index (χ1v) is 16.3. The maximum absolute atomic E-state index is 14.4. The number of halogens is 3. The summed E-state index contributed by atoms with van der Waals surface area (Å²) in [6.45, 7) is 0. The molecule has 0 N–H and O–H groups in total. The zero-order valence-corrected chi connectivity index (χ0v) is 26.4. The Morgan fingerprint density at radius 3 is 1.87 bits per heavy atom. The van der Waals surface area contributed by atoms with E-state index < -0.39 is 5.51 Å². The second-order valence-corrected chi connectivity index (χ2v) is 12.6. The van der Waals surface area contributed by atoms with Crippen LogP contribution in [0.15, 0.2) is 157 Å². The van der Waals surface area contributed by atoms with Gasteiger partial charge in [0.25, 0.3) is 0 Å². The molecule has 5 heteroatoms. The number of rotatable bonds is 10. The third-order valence-corrected chi connectivity index (χ3v) is 9.32. The van der Waals surface area contributed by atoms with Crippen molar-refractivity contribution in [3.63, 3.8) is 0 Å². The summed E-state index contributed by atoms with van der Waals surface area (Å²) in [5.74, 6) is -0.324. The van der Waals surface area contributed by atoms with Crippen molar-refractivity contribution in [3.8, 4) is 28.3 Å². The molecular formula is C42H32F3NS. The van der Waals surface area contributed by atoms with Gasteiger partial charge in [-0.05, 0) is 93.1 Å². The molecule has 6 aromatic rings. The van der Waals surface area contributed by atoms with Crippen molar-refractivity contribution >= 4 is 11.8 Å². The van der Waals surface area contributed by atoms with Gasteiger partial charge in [-0.1, -0.05) is 146 Å². The molecule has 1 atom stereocenters. The van der Waals surface area contributed by atoms with Crippen LogP contribution in [-0.4, -0.2) is 5.51 Å². The number of benzene rings is 6. The highest BCUT2D eigenvalue weighted by atomic mass is 32.2. The van der Waals surface area contributed by atoms with Gasteiger partial charge in [-0.2, -0.15) is 18.4 Å². The Kier molecular flexibility index (Phi) is 9.90. The lowest BCUT2D eigenvalue weighted by atomic mass is 9.82. The summed E-state index contributed by atoms with van der Waals surface area (Å²) in [5.41, 5.74) is 4.30. The van der Waals surface area contributed by atoms with Gasteiger partial charge in [0.1, 0.15) is 0 Å². The summed E-state index contributed by atoms with van der Waals surface area (Å²) in [6, 6.07) is 51.3. The number of nitriles is 1. The predicted octanol–water partition coefficient (Wildman–Crippen LogP) is 11.7. The first-order valence-electron chi connectivity index (χ1n) is 15.5. The lowest BCUT2D eigenvalue weighted by molar-refractivity contribution is -0.0328. The molecule has 0 aliphatic heterocycles. The van der Waals surface area contributed by atoms with Crippen LogP contribution in [0.4, 0.5) is 13.2 Å². The second kappa shape index (κ2) is 14.6. The molecule has 0 amide bonds. The Bertz CT molecular complexity index is 2000. The number of alkyl halides is 3. The van der Waals surface area contributed by atoms with Crippen molar-refractivity contribution in [2.24, 2.45) is 0 Å². The Hall–Kier alpha value is -5.05. The first-order chi connectivity index (χ1) is 22.9. The maximum atomic E-state index is 14.4. The summed E-state index contributed by atoms with van der Waals surface area (Å²) in [6.07, 6.45) is 1.28. The standard InChI is InChI=1S/C42H32F3NS/c43-42(44,45)47-41-36(26-30-13-11-21-33(25-30)31-14-3-1-4-15-31)22-12-24-40(41)38(27-34-18-7-8-20-37(34)29-46)28-35-19-9-10-23-39(35)32-16-5-2-6-17-32/h1-25,38H,26-28H2. The summed E-state index contributed by atoms with van der Waals surface area (Å²) in [5, 5.41) is 9.90. The Morgan fingerprint density at radius 2 is 1.15 bits per heavy atom. The van der Waals surface area contributed by atoms with Crippen molar-refractivity contribution in [2.75, 3.05) is 0 Å². The van der Waals surface area contributed by atoms with E-state index in [-0.39, 0.29) is 22.6 Å². The molecule has 6 rings (SSSR count). The normalized spacial score (nSPS) is 12.0. The first kappa shape index (κ1) is 31.9. The largest absolute Gasteiger partial charge is 0.446 e. The van der Waals surface area contributed by atoms with Gasteiger partial charge in [-0.25, -0.2) is 0 Å². The molecule has 47 heavy (non-hydrogen) atoms. The van der Waals surface area contributed by atoms with Gasteiger partial charge in [-0.3, -0.25) is 0 Å². The Balaban J connectivity index is 1.46. The summed E-state index contributed by atoms with van der Waals surface area (Å²) < 4.78 is 43.1. The van der Waals surface area contributed by atoms with E-state index in [1.165, 1.54) is 0 Å². The van der Waals surface area contributed by atoms with E-state index in [1.54, 1.807) is 6.07 Å². The second-order valence-electron chi connectivity index (χ2n) is 11.5. The molecule has 0 aromatic heterocycles. The van der Waals surface area contributed by atoms with Crippen LogP contribution in [-0.2, 0) is 19.3 Å². The molecular weight excluding hydrogens is 608 g/mol. The van der Waals surface area contributed by atoms with Crippen LogP contribution in [0.2, 0.25) is 0 Å². The fourth-order valence-electron chi connectivity index (χ4n) is 6.24. The lowest BCUT2D eigenvalue weighted by Crippen LogP contribution is -2.13. The molecule has 0 bridgehead atoms. The van der Waals surface area contributed by atoms with Gasteiger partial charge in [0, 0.05) is 4.90 Å². The van der Waals surface area contributed by atoms with E-state index >= 15 is 0 Å². The topological polar surface area (TPSA) is 23.8 Å². The van der Waals surface area contributed by atoms with Gasteiger partial charge in [0.15, 0.2) is 0 Å². The van der Waals surface area contributed by atoms with E-state index in [9.17, 15) is 18.4 Å². The lowest BCUT2D eigenvalue weighted by Gasteiger charge is -2.25. The van der Waals surface area contributed by atoms with Crippen LogP contribution in [0.25, 0.3) is 22.3 Å². The summed E-state index contributed by atoms with van der Waals surface area (Å²) in [4.78, 5) is 0.238. The van der Waals surface area contributed by atoms with Gasteiger partial charge >= 0.3 is 5.51 Å². The molecule has 0 saturated carbocycles. The highest BCUT2D eigenvalue weighted by Crippen LogP contribution is 2.45. The highest BCUT2D eigenvalue weighted by molar-refractivity contribution is 8.00. The van der Waals surface area contributed by atoms with Crippen molar-refractivity contribution < 1.29 is 13.2 Å². The fourth-order valence-corrected chi connectivity index (χ4v) is 7.10. The number of hydrogen-bond acceptors (Lipinski definition) is 2. The number of nitrogens with zero attached hydrogens (tertiary/aromatic N) is 1. The molecule has 0 radical (unpaired) electrons. The zero-order chi connectivity index (χ0) is 32.6. The highest BCUT2D eigenvalue weighted by Gasteiger charge is 2.33. The maximum Gasteiger partial charge on any atom is 0.446 e. The third-order valence-electron chi connectivity index (χ3n) is 8.39. The fraction of sp³-hybridized carbons (Fsp3) is 0.119. The van der Waals surface area contributed by atoms with Crippen molar-refractivity contribution in [1.82, 2.24) is 0 Å². The van der Waals surface area contributed by atoms with Crippen LogP contribution in [0.5, 0.6) is 0 Å². The molecule has 0 aliphatic rings. The average molecular weight is 640 g/mol. The smallest absolute Gasteiger partial charge is 0.192 e. The summed E-state index contributed by atoms with van der Waals surface area (Å²) >= 11 is -0.0312. The van der Waals surface area contributed by atoms with Crippen molar-refractivity contribution in [3.05, 3.63) is 185 Å². The van der Waals surface area contributed by atoms with E-state index in [0.717, 1.165) is 38.9 Å². The minimum absolute atomic E-state index is 0.0312. The number of thioether (sulfide) groups is 1. The number of hydrogen-bond donors (Lipinski definition) is 0. The van der Waals surface area contributed by atoms with Crippen LogP contribution in [0, 0.1) is 11.3 Å². The molecule has 1 unspecified atom stereocenters. The van der Waals surface area contributed by atoms with Crippen LogP contribution in [0.3, 0.4) is 0 Å². The van der Waals surface area contributed by atoms with Crippen LogP contribution < -0.4 is 0 Å². The van der Waals surface area contributed by atoms with Crippen LogP contribution in [0.1, 0.15) is 39.3 Å². The van der Waals surface area contributed by atoms with E-state index in [0.29, 0.717) is 36.0 Å². The van der Waals surface area contributed by atoms with E-state index in [2.05, 4.69) is 24.3 Å². The zero-order valence-electron chi connectivity index (χ0n) is 25.6. The quantitative estimate of drug-likeness (QED) is 0.139. The Labute approximate surface area is 278 Å². The molecule has 0 heterocycles. The monoisotopic (exact) mass is 639 g/mol. The third kappa shape index (κ3) is 8.03. The molecule has 1 nitrogen and oxygen atoms in total. The van der Waals surface area contributed by atoms with E-state index in [1.807, 2.05) is 127 Å². The van der Waals surface area contributed by atoms with Crippen molar-refractivity contribution in [1.29, 1.82) is 5.26 Å². The molecule has 0 fully saturated rings. The van der Waals surface area contributed by atoms with Crippen molar-refractivity contribution in [2.45, 2.75) is 35.6 Å². The predicted molar refractivity (Wildman–Crippen MR) is 186 cm³/mol. The van der Waals surface area contributed by atoms with Gasteiger partial charge < -0.3 is 0 Å². The minimum Gasteiger partial charge on any atom is -0.192 e. The average Bonchev–Trinajstić information content (AvgIpc) is 3.09.